The number of carbonyl (C=O) groups excluding carboxylic acids is 1. The minimum atomic E-state index is -4.63. The van der Waals surface area contributed by atoms with Crippen molar-refractivity contribution in [3.63, 3.8) is 0 Å². The lowest BCUT2D eigenvalue weighted by Crippen LogP contribution is -2.16. The second-order valence-corrected chi connectivity index (χ2v) is 8.09. The summed E-state index contributed by atoms with van der Waals surface area (Å²) in [6.07, 6.45) is 0.197. The smallest absolute Gasteiger partial charge is 0.417 e. The van der Waals surface area contributed by atoms with Crippen molar-refractivity contribution in [1.29, 1.82) is 0 Å². The summed E-state index contributed by atoms with van der Waals surface area (Å²) in [5.74, 6) is 0.584. The summed E-state index contributed by atoms with van der Waals surface area (Å²) >= 11 is 6.71. The van der Waals surface area contributed by atoms with E-state index in [1.165, 1.54) is 6.07 Å². The van der Waals surface area contributed by atoms with Gasteiger partial charge in [0.25, 0.3) is 0 Å². The first-order chi connectivity index (χ1) is 15.8. The Balaban J connectivity index is 1.50. The van der Waals surface area contributed by atoms with Crippen molar-refractivity contribution in [2.75, 3.05) is 11.1 Å². The van der Waals surface area contributed by atoms with Gasteiger partial charge in [-0.25, -0.2) is 0 Å². The molecule has 1 aromatic carbocycles. The van der Waals surface area contributed by atoms with Gasteiger partial charge in [0, 0.05) is 23.6 Å². The molecule has 0 bridgehead atoms. The van der Waals surface area contributed by atoms with Gasteiger partial charge in [-0.1, -0.05) is 23.4 Å². The van der Waals surface area contributed by atoms with Crippen molar-refractivity contribution in [2.45, 2.75) is 17.9 Å². The molecule has 0 radical (unpaired) electrons. The summed E-state index contributed by atoms with van der Waals surface area (Å²) in [6.45, 7) is 0.320. The average Bonchev–Trinajstić information content (AvgIpc) is 3.44. The van der Waals surface area contributed by atoms with E-state index in [0.29, 0.717) is 23.3 Å². The Morgan fingerprint density at radius 2 is 2.03 bits per heavy atom. The van der Waals surface area contributed by atoms with Crippen LogP contribution in [0.25, 0.3) is 11.4 Å². The van der Waals surface area contributed by atoms with E-state index >= 15 is 0 Å². The van der Waals surface area contributed by atoms with E-state index in [9.17, 15) is 18.0 Å². The number of pyridine rings is 1. The third-order valence-corrected chi connectivity index (χ3v) is 5.71. The Labute approximate surface area is 195 Å². The Bertz CT molecular complexity index is 1250. The van der Waals surface area contributed by atoms with Gasteiger partial charge in [-0.2, -0.15) is 13.2 Å². The molecule has 33 heavy (non-hydrogen) atoms. The monoisotopic (exact) mass is 493 g/mol. The first-order valence-corrected chi connectivity index (χ1v) is 10.8. The highest BCUT2D eigenvalue weighted by molar-refractivity contribution is 7.99. The molecule has 0 aliphatic rings. The number of rotatable bonds is 7. The Hall–Kier alpha value is -3.31. The number of carbonyl (C=O) groups is 1. The number of hydrogen-bond acceptors (Lipinski definition) is 6. The number of amides is 1. The molecule has 0 aliphatic carbocycles. The van der Waals surface area contributed by atoms with Crippen LogP contribution in [0.2, 0.25) is 5.02 Å². The highest BCUT2D eigenvalue weighted by Crippen LogP contribution is 2.36. The third-order valence-electron chi connectivity index (χ3n) is 4.42. The zero-order chi connectivity index (χ0) is 23.4. The molecule has 12 heteroatoms. The minimum Gasteiger partial charge on any atom is -0.467 e. The number of alkyl halides is 3. The summed E-state index contributed by atoms with van der Waals surface area (Å²) in [5.41, 5.74) is -0.298. The van der Waals surface area contributed by atoms with Crippen molar-refractivity contribution in [3.8, 4) is 11.4 Å². The van der Waals surface area contributed by atoms with Gasteiger partial charge in [-0.05, 0) is 42.5 Å². The van der Waals surface area contributed by atoms with E-state index in [1.54, 1.807) is 41.4 Å². The van der Waals surface area contributed by atoms with Gasteiger partial charge >= 0.3 is 6.18 Å². The van der Waals surface area contributed by atoms with Gasteiger partial charge < -0.3 is 9.73 Å². The molecular weight excluding hydrogens is 479 g/mol. The number of hydrogen-bond donors (Lipinski definition) is 1. The highest BCUT2D eigenvalue weighted by Gasteiger charge is 2.33. The predicted octanol–water partition coefficient (Wildman–Crippen LogP) is 5.38. The fourth-order valence-corrected chi connectivity index (χ4v) is 3.91. The summed E-state index contributed by atoms with van der Waals surface area (Å²) < 4.78 is 46.3. The van der Waals surface area contributed by atoms with Gasteiger partial charge in [0.2, 0.25) is 5.91 Å². The molecule has 170 valence electrons. The fraction of sp³-hybridized carbons (Fsp3) is 0.143. The van der Waals surface area contributed by atoms with Crippen LogP contribution in [0.1, 0.15) is 11.3 Å². The molecule has 3 heterocycles. The summed E-state index contributed by atoms with van der Waals surface area (Å²) in [7, 11) is 0. The number of halogens is 4. The molecule has 0 fully saturated rings. The maximum absolute atomic E-state index is 13.0. The molecule has 0 saturated heterocycles. The lowest BCUT2D eigenvalue weighted by atomic mass is 10.2. The first kappa shape index (κ1) is 22.9. The van der Waals surface area contributed by atoms with Crippen molar-refractivity contribution in [2.24, 2.45) is 0 Å². The maximum atomic E-state index is 13.0. The topological polar surface area (TPSA) is 85.8 Å². The van der Waals surface area contributed by atoms with Gasteiger partial charge in [0.05, 0.1) is 29.1 Å². The second-order valence-electron chi connectivity index (χ2n) is 6.74. The van der Waals surface area contributed by atoms with Crippen molar-refractivity contribution >= 4 is 35.0 Å². The second kappa shape index (κ2) is 9.67. The Kier molecular flexibility index (Phi) is 6.70. The van der Waals surface area contributed by atoms with Crippen LogP contribution >= 0.6 is 23.4 Å². The largest absolute Gasteiger partial charge is 0.467 e. The van der Waals surface area contributed by atoms with Crippen LogP contribution in [0.4, 0.5) is 18.9 Å². The van der Waals surface area contributed by atoms with Crippen molar-refractivity contribution < 1.29 is 22.4 Å². The van der Waals surface area contributed by atoms with Gasteiger partial charge in [-0.15, -0.1) is 10.2 Å². The minimum absolute atomic E-state index is 0.00886. The lowest BCUT2D eigenvalue weighted by molar-refractivity contribution is -0.137. The number of aromatic nitrogens is 4. The van der Waals surface area contributed by atoms with E-state index in [1.807, 2.05) is 6.07 Å². The zero-order valence-corrected chi connectivity index (χ0v) is 18.3. The quantitative estimate of drug-likeness (QED) is 0.348. The molecule has 0 saturated carbocycles. The van der Waals surface area contributed by atoms with Gasteiger partial charge in [0.15, 0.2) is 11.0 Å². The van der Waals surface area contributed by atoms with Crippen LogP contribution in [0, 0.1) is 0 Å². The van der Waals surface area contributed by atoms with E-state index in [2.05, 4.69) is 20.5 Å². The number of nitrogens with zero attached hydrogens (tertiary/aromatic N) is 4. The van der Waals surface area contributed by atoms with Crippen LogP contribution in [-0.2, 0) is 17.5 Å². The zero-order valence-electron chi connectivity index (χ0n) is 16.7. The standard InChI is InChI=1S/C21H15ClF3N5O2S/c22-17-6-5-14(9-16(17)21(23,24)25)27-18(31)12-33-20-29-28-19(13-3-1-7-26-10-13)30(20)11-15-4-2-8-32-15/h1-10H,11-12H2,(H,27,31). The summed E-state index contributed by atoms with van der Waals surface area (Å²) in [5, 5.41) is 10.8. The average molecular weight is 494 g/mol. The summed E-state index contributed by atoms with van der Waals surface area (Å²) in [6, 6.07) is 10.3. The van der Waals surface area contributed by atoms with E-state index < -0.39 is 22.7 Å². The Morgan fingerprint density at radius 1 is 1.18 bits per heavy atom. The highest BCUT2D eigenvalue weighted by atomic mass is 35.5. The van der Waals surface area contributed by atoms with Crippen LogP contribution in [0.3, 0.4) is 0 Å². The Morgan fingerprint density at radius 3 is 2.73 bits per heavy atom. The molecule has 1 N–H and O–H groups in total. The van der Waals surface area contributed by atoms with Crippen LogP contribution in [-0.4, -0.2) is 31.4 Å². The maximum Gasteiger partial charge on any atom is 0.417 e. The van der Waals surface area contributed by atoms with Crippen LogP contribution < -0.4 is 5.32 Å². The first-order valence-electron chi connectivity index (χ1n) is 9.46. The molecule has 3 aromatic heterocycles. The third kappa shape index (κ3) is 5.55. The normalized spacial score (nSPS) is 11.5. The molecule has 0 aliphatic heterocycles. The number of furan rings is 1. The molecule has 1 amide bonds. The van der Waals surface area contributed by atoms with Crippen molar-refractivity contribution in [3.05, 3.63) is 77.5 Å². The van der Waals surface area contributed by atoms with E-state index in [0.717, 1.165) is 29.5 Å². The van der Waals surface area contributed by atoms with Crippen LogP contribution in [0.5, 0.6) is 0 Å². The number of thioether (sulfide) groups is 1. The molecule has 0 spiro atoms. The fourth-order valence-electron chi connectivity index (χ4n) is 2.95. The van der Waals surface area contributed by atoms with E-state index in [4.69, 9.17) is 16.0 Å². The SMILES string of the molecule is O=C(CSc1nnc(-c2cccnc2)n1Cc1ccco1)Nc1ccc(Cl)c(C(F)(F)F)c1. The summed E-state index contributed by atoms with van der Waals surface area (Å²) in [4.78, 5) is 16.5. The number of benzene rings is 1. The molecule has 4 rings (SSSR count). The lowest BCUT2D eigenvalue weighted by Gasteiger charge is -2.12. The van der Waals surface area contributed by atoms with Crippen molar-refractivity contribution in [1.82, 2.24) is 19.7 Å². The van der Waals surface area contributed by atoms with Gasteiger partial charge in [-0.3, -0.25) is 14.3 Å². The van der Waals surface area contributed by atoms with E-state index in [-0.39, 0.29) is 11.4 Å². The number of nitrogens with one attached hydrogen (secondary N) is 1. The molecule has 7 nitrogen and oxygen atoms in total. The molecular formula is C21H15ClF3N5O2S. The molecule has 0 unspecified atom stereocenters. The predicted molar refractivity (Wildman–Crippen MR) is 117 cm³/mol. The van der Waals surface area contributed by atoms with Gasteiger partial charge in [0.1, 0.15) is 5.76 Å². The number of anilines is 1. The van der Waals surface area contributed by atoms with Crippen LogP contribution in [0.15, 0.2) is 70.7 Å². The molecule has 0 atom stereocenters. The molecule has 4 aromatic rings.